The molecule has 4 rings (SSSR count). The van der Waals surface area contributed by atoms with Crippen LogP contribution >= 0.6 is 11.3 Å². The zero-order valence-electron chi connectivity index (χ0n) is 20.5. The lowest BCUT2D eigenvalue weighted by atomic mass is 9.73. The third-order valence-electron chi connectivity index (χ3n) is 5.78. The molecular formula is C23H27F6N3O6S. The maximum absolute atomic E-state index is 10.6. The zero-order chi connectivity index (χ0) is 29.1. The number of hydrogen-bond acceptors (Lipinski definition) is 8. The first kappa shape index (κ1) is 32.4. The van der Waals surface area contributed by atoms with E-state index >= 15 is 0 Å². The number of aliphatic carboxylic acids is 2. The molecular weight excluding hydrogens is 560 g/mol. The molecule has 2 aliphatic heterocycles. The van der Waals surface area contributed by atoms with Crippen molar-refractivity contribution >= 4 is 23.3 Å². The highest BCUT2D eigenvalue weighted by atomic mass is 32.1. The van der Waals surface area contributed by atoms with Gasteiger partial charge in [0.1, 0.15) is 5.01 Å². The molecule has 2 aliphatic rings. The zero-order valence-corrected chi connectivity index (χ0v) is 21.3. The van der Waals surface area contributed by atoms with Gasteiger partial charge in [0, 0.05) is 49.1 Å². The maximum atomic E-state index is 10.6. The Morgan fingerprint density at radius 1 is 1.15 bits per heavy atom. The molecule has 0 aliphatic carbocycles. The van der Waals surface area contributed by atoms with E-state index in [4.69, 9.17) is 29.3 Å². The minimum absolute atomic E-state index is 0.107. The average molecular weight is 588 g/mol. The lowest BCUT2D eigenvalue weighted by Crippen LogP contribution is -2.56. The second-order valence-electron chi connectivity index (χ2n) is 8.71. The summed E-state index contributed by atoms with van der Waals surface area (Å²) in [5.41, 5.74) is 1.23. The number of nitrogens with zero attached hydrogens (tertiary/aromatic N) is 3. The number of rotatable bonds is 6. The van der Waals surface area contributed by atoms with Crippen molar-refractivity contribution < 1.29 is 55.6 Å². The number of carbonyl (C=O) groups is 2. The van der Waals surface area contributed by atoms with Gasteiger partial charge in [0.25, 0.3) is 0 Å². The number of ether oxygens (including phenoxy) is 2. The van der Waals surface area contributed by atoms with E-state index in [0.717, 1.165) is 51.3 Å². The standard InChI is InChI=1S/C19H25N3O2S.2C2HF3O2/c1-3-16(11-20-6-1)13-23-15-19-5-2-9-24-17(19)4-8-22(14-19)12-18-21-7-10-25-18;2*3-2(4,5)1(6)7/h1,3,6-7,10-11,17H,2,4-5,8-9,12-15H2;2*(H,6,7). The van der Waals surface area contributed by atoms with Gasteiger partial charge in [-0.3, -0.25) is 9.88 Å². The quantitative estimate of drug-likeness (QED) is 0.474. The van der Waals surface area contributed by atoms with Crippen molar-refractivity contribution in [2.75, 3.05) is 26.3 Å². The highest BCUT2D eigenvalue weighted by Gasteiger charge is 2.46. The Morgan fingerprint density at radius 2 is 1.82 bits per heavy atom. The van der Waals surface area contributed by atoms with Crippen LogP contribution in [0.3, 0.4) is 0 Å². The first-order chi connectivity index (χ1) is 18.2. The molecule has 0 radical (unpaired) electrons. The van der Waals surface area contributed by atoms with E-state index in [1.807, 2.05) is 18.5 Å². The summed E-state index contributed by atoms with van der Waals surface area (Å²) in [6, 6.07) is 4.02. The first-order valence-electron chi connectivity index (χ1n) is 11.5. The summed E-state index contributed by atoms with van der Waals surface area (Å²) >= 11 is 1.74. The van der Waals surface area contributed by atoms with E-state index in [2.05, 4.69) is 26.3 Å². The first-order valence-corrected chi connectivity index (χ1v) is 12.4. The fourth-order valence-corrected chi connectivity index (χ4v) is 4.76. The van der Waals surface area contributed by atoms with Crippen molar-refractivity contribution in [2.45, 2.75) is 50.9 Å². The van der Waals surface area contributed by atoms with Gasteiger partial charge in [0.05, 0.1) is 25.9 Å². The summed E-state index contributed by atoms with van der Waals surface area (Å²) in [5, 5.41) is 17.5. The molecule has 2 saturated heterocycles. The average Bonchev–Trinajstić information content (AvgIpc) is 3.37. The Labute approximate surface area is 223 Å². The van der Waals surface area contributed by atoms with Crippen molar-refractivity contribution in [1.29, 1.82) is 0 Å². The van der Waals surface area contributed by atoms with Crippen molar-refractivity contribution in [1.82, 2.24) is 14.9 Å². The molecule has 0 spiro atoms. The van der Waals surface area contributed by atoms with Crippen LogP contribution in [0, 0.1) is 5.41 Å². The topological polar surface area (TPSA) is 122 Å². The Balaban J connectivity index is 0.000000317. The third-order valence-corrected chi connectivity index (χ3v) is 6.54. The molecule has 39 heavy (non-hydrogen) atoms. The number of aromatic nitrogens is 2. The summed E-state index contributed by atoms with van der Waals surface area (Å²) in [4.78, 5) is 28.9. The van der Waals surface area contributed by atoms with E-state index < -0.39 is 24.3 Å². The molecule has 2 N–H and O–H groups in total. The summed E-state index contributed by atoms with van der Waals surface area (Å²) in [7, 11) is 0. The minimum Gasteiger partial charge on any atom is -0.475 e. The smallest absolute Gasteiger partial charge is 0.475 e. The van der Waals surface area contributed by atoms with Gasteiger partial charge >= 0.3 is 24.3 Å². The molecule has 16 heteroatoms. The van der Waals surface area contributed by atoms with Gasteiger partial charge in [-0.2, -0.15) is 26.3 Å². The number of alkyl halides is 6. The van der Waals surface area contributed by atoms with Crippen molar-refractivity contribution in [3.63, 3.8) is 0 Å². The molecule has 0 bridgehead atoms. The monoisotopic (exact) mass is 587 g/mol. The Bertz CT molecular complexity index is 1000. The van der Waals surface area contributed by atoms with Crippen molar-refractivity contribution in [3.8, 4) is 0 Å². The molecule has 0 amide bonds. The van der Waals surface area contributed by atoms with Crippen molar-refractivity contribution in [2.24, 2.45) is 5.41 Å². The highest BCUT2D eigenvalue weighted by Crippen LogP contribution is 2.41. The van der Waals surface area contributed by atoms with E-state index in [0.29, 0.717) is 12.7 Å². The van der Waals surface area contributed by atoms with Gasteiger partial charge in [-0.1, -0.05) is 6.07 Å². The number of fused-ring (bicyclic) bond motifs is 1. The molecule has 4 heterocycles. The second kappa shape index (κ2) is 14.5. The fourth-order valence-electron chi connectivity index (χ4n) is 4.11. The molecule has 0 aromatic carbocycles. The highest BCUT2D eigenvalue weighted by molar-refractivity contribution is 7.09. The van der Waals surface area contributed by atoms with Crippen LogP contribution in [0.2, 0.25) is 0 Å². The number of hydrogen-bond donors (Lipinski definition) is 2. The number of carboxylic acids is 2. The molecule has 0 saturated carbocycles. The number of halogens is 6. The Kier molecular flexibility index (Phi) is 12.1. The van der Waals surface area contributed by atoms with Crippen LogP contribution in [0.1, 0.15) is 29.8 Å². The summed E-state index contributed by atoms with van der Waals surface area (Å²) < 4.78 is 75.8. The van der Waals surface area contributed by atoms with Gasteiger partial charge in [0.2, 0.25) is 0 Å². The number of piperidine rings is 1. The van der Waals surface area contributed by atoms with Crippen LogP contribution in [-0.2, 0) is 32.2 Å². The summed E-state index contributed by atoms with van der Waals surface area (Å²) in [6.07, 6.45) is -0.892. The lowest BCUT2D eigenvalue weighted by molar-refractivity contribution is -0.193. The van der Waals surface area contributed by atoms with Crippen LogP contribution in [0.25, 0.3) is 0 Å². The third kappa shape index (κ3) is 11.1. The van der Waals surface area contributed by atoms with Crippen LogP contribution in [0.15, 0.2) is 36.1 Å². The maximum Gasteiger partial charge on any atom is 0.490 e. The summed E-state index contributed by atoms with van der Waals surface area (Å²) in [5.74, 6) is -5.51. The van der Waals surface area contributed by atoms with E-state index in [9.17, 15) is 26.3 Å². The van der Waals surface area contributed by atoms with Crippen LogP contribution in [0.5, 0.6) is 0 Å². The predicted octanol–water partition coefficient (Wildman–Crippen LogP) is 4.39. The van der Waals surface area contributed by atoms with Gasteiger partial charge in [-0.25, -0.2) is 14.6 Å². The molecule has 2 unspecified atom stereocenters. The SMILES string of the molecule is O=C(O)C(F)(F)F.O=C(O)C(F)(F)F.c1cncc(COCC23CCCOC2CCN(Cc2nccs2)C3)c1. The summed E-state index contributed by atoms with van der Waals surface area (Å²) in [6.45, 7) is 5.31. The van der Waals surface area contributed by atoms with Gasteiger partial charge < -0.3 is 19.7 Å². The van der Waals surface area contributed by atoms with Gasteiger partial charge in [-0.15, -0.1) is 11.3 Å². The van der Waals surface area contributed by atoms with E-state index in [-0.39, 0.29) is 5.41 Å². The number of thiazole rings is 1. The van der Waals surface area contributed by atoms with Crippen LogP contribution in [-0.4, -0.2) is 81.8 Å². The number of pyridine rings is 1. The fraction of sp³-hybridized carbons (Fsp3) is 0.565. The largest absolute Gasteiger partial charge is 0.490 e. The molecule has 2 aromatic heterocycles. The predicted molar refractivity (Wildman–Crippen MR) is 125 cm³/mol. The number of carboxylic acid groups (broad SMARTS) is 2. The van der Waals surface area contributed by atoms with Gasteiger partial charge in [0.15, 0.2) is 0 Å². The molecule has 218 valence electrons. The minimum atomic E-state index is -5.08. The van der Waals surface area contributed by atoms with E-state index in [1.165, 1.54) is 11.4 Å². The molecule has 2 aromatic rings. The lowest BCUT2D eigenvalue weighted by Gasteiger charge is -2.50. The molecule has 2 atom stereocenters. The molecule has 2 fully saturated rings. The number of likely N-dealkylation sites (tertiary alicyclic amines) is 1. The second-order valence-corrected chi connectivity index (χ2v) is 9.69. The van der Waals surface area contributed by atoms with E-state index in [1.54, 1.807) is 17.5 Å². The molecule has 9 nitrogen and oxygen atoms in total. The van der Waals surface area contributed by atoms with Crippen LogP contribution in [0.4, 0.5) is 26.3 Å². The van der Waals surface area contributed by atoms with Gasteiger partial charge in [-0.05, 0) is 30.9 Å². The normalized spacial score (nSPS) is 21.4. The Morgan fingerprint density at radius 3 is 2.36 bits per heavy atom. The van der Waals surface area contributed by atoms with Crippen molar-refractivity contribution in [3.05, 3.63) is 46.7 Å². The van der Waals surface area contributed by atoms with Crippen LogP contribution < -0.4 is 0 Å². The Hall–Kier alpha value is -2.82.